The van der Waals surface area contributed by atoms with Crippen LogP contribution in [0.2, 0.25) is 0 Å². The first-order valence-corrected chi connectivity index (χ1v) is 10.8. The Balaban J connectivity index is 1.50. The number of aryl methyl sites for hydroxylation is 3. The van der Waals surface area contributed by atoms with E-state index in [1.807, 2.05) is 16.7 Å². The van der Waals surface area contributed by atoms with Gasteiger partial charge in [0.2, 0.25) is 5.91 Å². The monoisotopic (exact) mass is 431 g/mol. The van der Waals surface area contributed by atoms with Crippen molar-refractivity contribution in [3.63, 3.8) is 0 Å². The zero-order valence-corrected chi connectivity index (χ0v) is 17.8. The van der Waals surface area contributed by atoms with Gasteiger partial charge in [-0.3, -0.25) is 14.7 Å². The molecule has 1 amide bonds. The maximum absolute atomic E-state index is 12.8. The van der Waals surface area contributed by atoms with Gasteiger partial charge in [-0.05, 0) is 38.0 Å². The highest BCUT2D eigenvalue weighted by Gasteiger charge is 2.22. The molecule has 4 heterocycles. The number of nitrogens with one attached hydrogen (secondary N) is 3. The van der Waals surface area contributed by atoms with Crippen LogP contribution in [0, 0.1) is 0 Å². The Bertz CT molecular complexity index is 1320. The Morgan fingerprint density at radius 2 is 2.16 bits per heavy atom. The Hall–Kier alpha value is -3.88. The Labute approximate surface area is 184 Å². The summed E-state index contributed by atoms with van der Waals surface area (Å²) in [6.45, 7) is 2.79. The average Bonchev–Trinajstić information content (AvgIpc) is 3.41. The van der Waals surface area contributed by atoms with Gasteiger partial charge < -0.3 is 19.8 Å². The van der Waals surface area contributed by atoms with Crippen molar-refractivity contribution in [3.8, 4) is 0 Å². The van der Waals surface area contributed by atoms with Gasteiger partial charge in [-0.2, -0.15) is 5.10 Å². The largest absolute Gasteiger partial charge is 0.382 e. The molecule has 0 fully saturated rings. The standard InChI is InChI=1S/C23H25N7O2/c1-15-5-6-16-17(25-15)7-8-18-23(16)27-20(10-13-29-12-3-2-4-22(29)32)30(18)14-21(31)26-19-9-11-24-28-19/h2-4,7-9,11-12,15,25H,5-6,10,13-14H2,1H3,(H2,24,26,28,31)/t15-/m0/s1. The van der Waals surface area contributed by atoms with Gasteiger partial charge in [-0.25, -0.2) is 4.98 Å². The number of anilines is 2. The van der Waals surface area contributed by atoms with E-state index in [1.165, 1.54) is 5.56 Å². The minimum Gasteiger partial charge on any atom is -0.382 e. The molecule has 0 spiro atoms. The van der Waals surface area contributed by atoms with Crippen LogP contribution in [-0.4, -0.2) is 36.3 Å². The topological polar surface area (TPSA) is 110 Å². The van der Waals surface area contributed by atoms with Gasteiger partial charge in [0.1, 0.15) is 18.2 Å². The number of carbonyl (C=O) groups excluding carboxylic acids is 1. The van der Waals surface area contributed by atoms with Gasteiger partial charge in [0.25, 0.3) is 5.56 Å². The molecule has 0 aliphatic carbocycles. The summed E-state index contributed by atoms with van der Waals surface area (Å²) in [4.78, 5) is 29.8. The molecule has 1 aromatic carbocycles. The van der Waals surface area contributed by atoms with E-state index in [1.54, 1.807) is 35.2 Å². The predicted octanol–water partition coefficient (Wildman–Crippen LogP) is 2.55. The molecule has 164 valence electrons. The summed E-state index contributed by atoms with van der Waals surface area (Å²) in [6.07, 6.45) is 5.87. The van der Waals surface area contributed by atoms with Gasteiger partial charge in [-0.1, -0.05) is 6.07 Å². The van der Waals surface area contributed by atoms with Crippen molar-refractivity contribution in [1.29, 1.82) is 0 Å². The third-order valence-electron chi connectivity index (χ3n) is 5.89. The number of fused-ring (bicyclic) bond motifs is 3. The summed E-state index contributed by atoms with van der Waals surface area (Å²) in [5.74, 6) is 1.16. The number of H-pyrrole nitrogens is 1. The number of hydrogen-bond donors (Lipinski definition) is 3. The number of rotatable bonds is 6. The van der Waals surface area contributed by atoms with E-state index in [-0.39, 0.29) is 18.0 Å². The zero-order chi connectivity index (χ0) is 22.1. The molecule has 0 saturated carbocycles. The van der Waals surface area contributed by atoms with Crippen molar-refractivity contribution in [2.45, 2.75) is 45.3 Å². The van der Waals surface area contributed by atoms with Gasteiger partial charge in [-0.15, -0.1) is 0 Å². The number of hydrogen-bond acceptors (Lipinski definition) is 5. The fraction of sp³-hybridized carbons (Fsp3) is 0.304. The zero-order valence-electron chi connectivity index (χ0n) is 17.8. The number of pyridine rings is 1. The maximum Gasteiger partial charge on any atom is 0.250 e. The Morgan fingerprint density at radius 1 is 1.25 bits per heavy atom. The molecular weight excluding hydrogens is 406 g/mol. The van der Waals surface area contributed by atoms with E-state index in [2.05, 4.69) is 33.8 Å². The molecule has 1 atom stereocenters. The van der Waals surface area contributed by atoms with Crippen LogP contribution in [0.25, 0.3) is 11.0 Å². The lowest BCUT2D eigenvalue weighted by Gasteiger charge is -2.24. The predicted molar refractivity (Wildman–Crippen MR) is 123 cm³/mol. The number of amides is 1. The number of benzene rings is 1. The number of aromatic amines is 1. The van der Waals surface area contributed by atoms with E-state index in [4.69, 9.17) is 4.98 Å². The minimum absolute atomic E-state index is 0.0530. The number of imidazole rings is 1. The first-order valence-electron chi connectivity index (χ1n) is 10.8. The smallest absolute Gasteiger partial charge is 0.250 e. The second-order valence-electron chi connectivity index (χ2n) is 8.16. The molecule has 9 heteroatoms. The molecule has 32 heavy (non-hydrogen) atoms. The van der Waals surface area contributed by atoms with E-state index in [9.17, 15) is 9.59 Å². The maximum atomic E-state index is 12.8. The van der Waals surface area contributed by atoms with Crippen LogP contribution < -0.4 is 16.2 Å². The van der Waals surface area contributed by atoms with Crippen LogP contribution in [0.1, 0.15) is 24.7 Å². The van der Waals surface area contributed by atoms with E-state index in [0.29, 0.717) is 24.8 Å². The third kappa shape index (κ3) is 3.89. The number of nitrogens with zero attached hydrogens (tertiary/aromatic N) is 4. The number of aromatic nitrogens is 5. The van der Waals surface area contributed by atoms with Crippen molar-refractivity contribution < 1.29 is 4.79 Å². The van der Waals surface area contributed by atoms with Crippen LogP contribution in [0.3, 0.4) is 0 Å². The highest BCUT2D eigenvalue weighted by atomic mass is 16.2. The average molecular weight is 432 g/mol. The SMILES string of the molecule is C[C@H]1CCc2c(ccc3c2nc(CCn2ccccc2=O)n3CC(=O)Nc2ccn[nH]2)N1. The highest BCUT2D eigenvalue weighted by molar-refractivity contribution is 5.92. The molecule has 1 aliphatic heterocycles. The summed E-state index contributed by atoms with van der Waals surface area (Å²) in [6, 6.07) is 11.3. The number of carbonyl (C=O) groups is 1. The lowest BCUT2D eigenvalue weighted by molar-refractivity contribution is -0.116. The molecule has 3 N–H and O–H groups in total. The van der Waals surface area contributed by atoms with Crippen molar-refractivity contribution in [2.75, 3.05) is 10.6 Å². The molecule has 1 aliphatic rings. The lowest BCUT2D eigenvalue weighted by Crippen LogP contribution is -2.23. The molecule has 0 saturated heterocycles. The first-order chi connectivity index (χ1) is 15.6. The Morgan fingerprint density at radius 3 is 2.97 bits per heavy atom. The second-order valence-corrected chi connectivity index (χ2v) is 8.16. The second kappa shape index (κ2) is 8.33. The van der Waals surface area contributed by atoms with Crippen LogP contribution in [0.4, 0.5) is 11.5 Å². The van der Waals surface area contributed by atoms with Gasteiger partial charge in [0, 0.05) is 48.6 Å². The van der Waals surface area contributed by atoms with Crippen molar-refractivity contribution in [3.05, 3.63) is 70.5 Å². The minimum atomic E-state index is -0.170. The molecule has 3 aromatic heterocycles. The van der Waals surface area contributed by atoms with Gasteiger partial charge in [0.15, 0.2) is 0 Å². The Kier molecular flexibility index (Phi) is 5.22. The summed E-state index contributed by atoms with van der Waals surface area (Å²) >= 11 is 0. The van der Waals surface area contributed by atoms with E-state index < -0.39 is 0 Å². The lowest BCUT2D eigenvalue weighted by atomic mass is 9.98. The normalized spacial score (nSPS) is 15.3. The van der Waals surface area contributed by atoms with Gasteiger partial charge >= 0.3 is 0 Å². The summed E-state index contributed by atoms with van der Waals surface area (Å²) in [7, 11) is 0. The molecule has 4 aromatic rings. The van der Waals surface area contributed by atoms with Crippen molar-refractivity contribution >= 4 is 28.4 Å². The summed E-state index contributed by atoms with van der Waals surface area (Å²) < 4.78 is 3.61. The molecule has 5 rings (SSSR count). The quantitative estimate of drug-likeness (QED) is 0.435. The molecular formula is C23H25N7O2. The molecule has 0 bridgehead atoms. The molecule has 9 nitrogen and oxygen atoms in total. The van der Waals surface area contributed by atoms with Gasteiger partial charge in [0.05, 0.1) is 17.2 Å². The highest BCUT2D eigenvalue weighted by Crippen LogP contribution is 2.32. The fourth-order valence-corrected chi connectivity index (χ4v) is 4.27. The third-order valence-corrected chi connectivity index (χ3v) is 5.89. The van der Waals surface area contributed by atoms with Crippen LogP contribution in [0.15, 0.2) is 53.6 Å². The first kappa shape index (κ1) is 20.0. The van der Waals surface area contributed by atoms with E-state index in [0.717, 1.165) is 35.4 Å². The van der Waals surface area contributed by atoms with Crippen LogP contribution >= 0.6 is 0 Å². The van der Waals surface area contributed by atoms with Crippen molar-refractivity contribution in [2.24, 2.45) is 0 Å². The fourth-order valence-electron chi connectivity index (χ4n) is 4.27. The van der Waals surface area contributed by atoms with Crippen molar-refractivity contribution in [1.82, 2.24) is 24.3 Å². The molecule has 0 unspecified atom stereocenters. The van der Waals surface area contributed by atoms with E-state index >= 15 is 0 Å². The summed E-state index contributed by atoms with van der Waals surface area (Å²) in [5.41, 5.74) is 4.09. The molecule has 0 radical (unpaired) electrons. The van der Waals surface area contributed by atoms with Crippen LogP contribution in [-0.2, 0) is 30.7 Å². The summed E-state index contributed by atoms with van der Waals surface area (Å²) in [5, 5.41) is 13.0. The van der Waals surface area contributed by atoms with Crippen LogP contribution in [0.5, 0.6) is 0 Å².